The minimum Gasteiger partial charge on any atom is -0.337 e. The summed E-state index contributed by atoms with van der Waals surface area (Å²) in [6.07, 6.45) is -0.458. The Morgan fingerprint density at radius 1 is 1.14 bits per heavy atom. The van der Waals surface area contributed by atoms with Crippen LogP contribution in [0.5, 0.6) is 0 Å². The largest absolute Gasteiger partial charge is 0.337 e. The van der Waals surface area contributed by atoms with Gasteiger partial charge in [-0.25, -0.2) is 4.39 Å². The quantitative estimate of drug-likeness (QED) is 0.784. The highest BCUT2D eigenvalue weighted by molar-refractivity contribution is 5.94. The Labute approximate surface area is 121 Å². The maximum absolute atomic E-state index is 13.2. The fraction of sp³-hybridized carbons (Fsp3) is 0.250. The van der Waals surface area contributed by atoms with Crippen LogP contribution in [0.3, 0.4) is 0 Å². The van der Waals surface area contributed by atoms with Gasteiger partial charge >= 0.3 is 0 Å². The molecule has 0 spiro atoms. The first kappa shape index (κ1) is 12.5. The SMILES string of the molecule is F[C@@H]1CN[C@@H](c2nc(-c3cccc4ccccc34)no2)C1. The fourth-order valence-electron chi connectivity index (χ4n) is 2.79. The van der Waals surface area contributed by atoms with Crippen molar-refractivity contribution in [3.05, 3.63) is 48.4 Å². The van der Waals surface area contributed by atoms with Crippen LogP contribution in [0.4, 0.5) is 4.39 Å². The Morgan fingerprint density at radius 2 is 2.00 bits per heavy atom. The van der Waals surface area contributed by atoms with Gasteiger partial charge in [0.1, 0.15) is 6.17 Å². The van der Waals surface area contributed by atoms with Crippen LogP contribution in [0.15, 0.2) is 47.0 Å². The molecule has 2 heterocycles. The molecule has 1 fully saturated rings. The summed E-state index contributed by atoms with van der Waals surface area (Å²) in [5.74, 6) is 1.00. The van der Waals surface area contributed by atoms with E-state index in [1.54, 1.807) is 0 Å². The highest BCUT2D eigenvalue weighted by Crippen LogP contribution is 2.29. The zero-order valence-electron chi connectivity index (χ0n) is 11.3. The summed E-state index contributed by atoms with van der Waals surface area (Å²) in [5.41, 5.74) is 0.929. The highest BCUT2D eigenvalue weighted by atomic mass is 19.1. The van der Waals surface area contributed by atoms with Crippen molar-refractivity contribution >= 4 is 10.8 Å². The molecule has 0 saturated carbocycles. The van der Waals surface area contributed by atoms with Crippen molar-refractivity contribution in [2.24, 2.45) is 0 Å². The number of nitrogens with zero attached hydrogens (tertiary/aromatic N) is 2. The van der Waals surface area contributed by atoms with E-state index in [-0.39, 0.29) is 6.04 Å². The van der Waals surface area contributed by atoms with Gasteiger partial charge in [0.15, 0.2) is 0 Å². The van der Waals surface area contributed by atoms with E-state index < -0.39 is 6.17 Å². The van der Waals surface area contributed by atoms with Crippen LogP contribution in [-0.4, -0.2) is 22.9 Å². The van der Waals surface area contributed by atoms with Crippen molar-refractivity contribution < 1.29 is 8.91 Å². The van der Waals surface area contributed by atoms with Gasteiger partial charge in [0.25, 0.3) is 0 Å². The Bertz CT molecular complexity index is 781. The minimum atomic E-state index is -0.845. The number of rotatable bonds is 2. The summed E-state index contributed by atoms with van der Waals surface area (Å²) in [6, 6.07) is 13.9. The highest BCUT2D eigenvalue weighted by Gasteiger charge is 2.29. The second kappa shape index (κ2) is 4.93. The van der Waals surface area contributed by atoms with Crippen molar-refractivity contribution in [1.29, 1.82) is 0 Å². The molecule has 4 nitrogen and oxygen atoms in total. The molecular formula is C16H14FN3O. The van der Waals surface area contributed by atoms with Crippen LogP contribution in [0.1, 0.15) is 18.4 Å². The smallest absolute Gasteiger partial charge is 0.244 e. The molecule has 4 rings (SSSR count). The van der Waals surface area contributed by atoms with Crippen molar-refractivity contribution in [3.8, 4) is 11.4 Å². The molecule has 1 aromatic heterocycles. The van der Waals surface area contributed by atoms with Gasteiger partial charge in [-0.15, -0.1) is 0 Å². The maximum atomic E-state index is 13.2. The fourth-order valence-corrected chi connectivity index (χ4v) is 2.79. The molecule has 1 saturated heterocycles. The topological polar surface area (TPSA) is 51.0 Å². The van der Waals surface area contributed by atoms with E-state index in [2.05, 4.69) is 15.5 Å². The van der Waals surface area contributed by atoms with Gasteiger partial charge in [-0.3, -0.25) is 0 Å². The lowest BCUT2D eigenvalue weighted by molar-refractivity contribution is 0.324. The zero-order valence-corrected chi connectivity index (χ0v) is 11.3. The van der Waals surface area contributed by atoms with Gasteiger partial charge < -0.3 is 9.84 Å². The molecule has 21 heavy (non-hydrogen) atoms. The van der Waals surface area contributed by atoms with E-state index in [1.807, 2.05) is 42.5 Å². The van der Waals surface area contributed by atoms with Gasteiger partial charge in [-0.05, 0) is 10.8 Å². The van der Waals surface area contributed by atoms with Gasteiger partial charge in [0.05, 0.1) is 6.04 Å². The molecule has 0 aliphatic carbocycles. The average Bonchev–Trinajstić information content (AvgIpc) is 3.15. The van der Waals surface area contributed by atoms with E-state index in [4.69, 9.17) is 4.52 Å². The zero-order chi connectivity index (χ0) is 14.2. The van der Waals surface area contributed by atoms with Crippen LogP contribution in [0.2, 0.25) is 0 Å². The molecule has 106 valence electrons. The molecule has 0 unspecified atom stereocenters. The third-order valence-electron chi connectivity index (χ3n) is 3.85. The van der Waals surface area contributed by atoms with Crippen LogP contribution in [-0.2, 0) is 0 Å². The number of hydrogen-bond donors (Lipinski definition) is 1. The Kier molecular flexibility index (Phi) is 2.93. The van der Waals surface area contributed by atoms with Gasteiger partial charge in [-0.2, -0.15) is 4.98 Å². The van der Waals surface area contributed by atoms with Crippen molar-refractivity contribution in [1.82, 2.24) is 15.5 Å². The molecule has 1 aliphatic heterocycles. The summed E-state index contributed by atoms with van der Waals surface area (Å²) in [7, 11) is 0. The molecule has 1 N–H and O–H groups in total. The Hall–Kier alpha value is -2.27. The monoisotopic (exact) mass is 283 g/mol. The van der Waals surface area contributed by atoms with E-state index in [1.165, 1.54) is 0 Å². The molecule has 3 aromatic rings. The summed E-state index contributed by atoms with van der Waals surface area (Å²) in [4.78, 5) is 4.44. The van der Waals surface area contributed by atoms with E-state index >= 15 is 0 Å². The number of alkyl halides is 1. The number of fused-ring (bicyclic) bond motifs is 1. The van der Waals surface area contributed by atoms with Crippen LogP contribution in [0.25, 0.3) is 22.2 Å². The Morgan fingerprint density at radius 3 is 2.86 bits per heavy atom. The summed E-state index contributed by atoms with van der Waals surface area (Å²) in [6.45, 7) is 0.344. The molecular weight excluding hydrogens is 269 g/mol. The van der Waals surface area contributed by atoms with Gasteiger partial charge in [-0.1, -0.05) is 47.6 Å². The number of nitrogens with one attached hydrogen (secondary N) is 1. The molecule has 2 aromatic carbocycles. The number of aromatic nitrogens is 2. The number of hydrogen-bond acceptors (Lipinski definition) is 4. The third-order valence-corrected chi connectivity index (χ3v) is 3.85. The van der Waals surface area contributed by atoms with E-state index in [0.29, 0.717) is 24.7 Å². The predicted molar refractivity (Wildman–Crippen MR) is 77.5 cm³/mol. The maximum Gasteiger partial charge on any atom is 0.244 e. The van der Waals surface area contributed by atoms with Gasteiger partial charge in [0.2, 0.25) is 11.7 Å². The first-order valence-electron chi connectivity index (χ1n) is 7.00. The Balaban J connectivity index is 1.74. The molecule has 0 bridgehead atoms. The molecule has 5 heteroatoms. The average molecular weight is 283 g/mol. The van der Waals surface area contributed by atoms with Crippen molar-refractivity contribution in [2.45, 2.75) is 18.6 Å². The molecule has 0 amide bonds. The number of halogens is 1. The third kappa shape index (κ3) is 2.19. The summed E-state index contributed by atoms with van der Waals surface area (Å²) >= 11 is 0. The normalized spacial score (nSPS) is 22.0. The van der Waals surface area contributed by atoms with Crippen LogP contribution in [0, 0.1) is 0 Å². The van der Waals surface area contributed by atoms with Crippen LogP contribution >= 0.6 is 0 Å². The second-order valence-corrected chi connectivity index (χ2v) is 5.28. The molecule has 2 atom stereocenters. The predicted octanol–water partition coefficient (Wildman–Crippen LogP) is 3.26. The lowest BCUT2D eigenvalue weighted by atomic mass is 10.0. The lowest BCUT2D eigenvalue weighted by Gasteiger charge is -2.02. The van der Waals surface area contributed by atoms with Gasteiger partial charge in [0, 0.05) is 18.5 Å². The molecule has 1 aliphatic rings. The number of benzene rings is 2. The van der Waals surface area contributed by atoms with Crippen molar-refractivity contribution in [3.63, 3.8) is 0 Å². The first-order valence-corrected chi connectivity index (χ1v) is 7.00. The van der Waals surface area contributed by atoms with Crippen LogP contribution < -0.4 is 5.32 Å². The summed E-state index contributed by atoms with van der Waals surface area (Å²) < 4.78 is 18.6. The standard InChI is InChI=1S/C16H14FN3O/c17-11-8-14(18-9-11)16-19-15(20-21-16)13-7-3-5-10-4-1-2-6-12(10)13/h1-7,11,14,18H,8-9H2/t11-,14+/m0/s1. The lowest BCUT2D eigenvalue weighted by Crippen LogP contribution is -2.14. The van der Waals surface area contributed by atoms with Crippen molar-refractivity contribution in [2.75, 3.05) is 6.54 Å². The summed E-state index contributed by atoms with van der Waals surface area (Å²) in [5, 5.41) is 9.32. The minimum absolute atomic E-state index is 0.184. The molecule has 0 radical (unpaired) electrons. The van der Waals surface area contributed by atoms with E-state index in [0.717, 1.165) is 16.3 Å². The first-order chi connectivity index (χ1) is 10.3. The second-order valence-electron chi connectivity index (χ2n) is 5.28. The van der Waals surface area contributed by atoms with E-state index in [9.17, 15) is 4.39 Å².